The predicted octanol–water partition coefficient (Wildman–Crippen LogP) is 7.59. The molecule has 0 saturated heterocycles. The largest absolute Gasteiger partial charge is 0.341 e. The first-order valence-corrected chi connectivity index (χ1v) is 11.5. The molecule has 0 N–H and O–H groups in total. The molecule has 0 amide bonds. The fourth-order valence-corrected chi connectivity index (χ4v) is 5.23. The molecule has 2 heteroatoms. The van der Waals surface area contributed by atoms with Crippen LogP contribution in [-0.4, -0.2) is 10.4 Å². The molecule has 33 heavy (non-hydrogen) atoms. The number of benzene rings is 4. The van der Waals surface area contributed by atoms with Crippen LogP contribution in [-0.2, 0) is 6.54 Å². The predicted molar refractivity (Wildman–Crippen MR) is 138 cm³/mol. The Morgan fingerprint density at radius 1 is 0.636 bits per heavy atom. The van der Waals surface area contributed by atoms with Crippen LogP contribution >= 0.6 is 0 Å². The van der Waals surface area contributed by atoms with Gasteiger partial charge < -0.3 is 4.57 Å². The summed E-state index contributed by atoms with van der Waals surface area (Å²) >= 11 is 0. The van der Waals surface area contributed by atoms with Crippen LogP contribution in [0.25, 0.3) is 33.0 Å². The molecule has 0 aliphatic heterocycles. The number of Topliss-reactive ketones (excluding diaryl/α,β-unsaturated/α-hetero) is 1. The second kappa shape index (κ2) is 7.31. The average molecular weight is 428 g/mol. The molecule has 2 nitrogen and oxygen atoms in total. The van der Waals surface area contributed by atoms with Gasteiger partial charge in [0.2, 0.25) is 0 Å². The summed E-state index contributed by atoms with van der Waals surface area (Å²) in [5.41, 5.74) is 10.5. The third-order valence-electron chi connectivity index (χ3n) is 6.90. The molecule has 1 heterocycles. The summed E-state index contributed by atoms with van der Waals surface area (Å²) in [6, 6.07) is 29.7. The zero-order valence-corrected chi connectivity index (χ0v) is 19.1. The zero-order chi connectivity index (χ0) is 22.7. The molecule has 0 spiro atoms. The third-order valence-corrected chi connectivity index (χ3v) is 6.90. The third kappa shape index (κ3) is 2.91. The molecule has 0 saturated carbocycles. The highest BCUT2D eigenvalue weighted by molar-refractivity contribution is 6.42. The molecule has 0 unspecified atom stereocenters. The second-order valence-electron chi connectivity index (χ2n) is 8.99. The maximum absolute atomic E-state index is 13.9. The maximum Gasteiger partial charge on any atom is 0.194 e. The molecule has 0 bridgehead atoms. The van der Waals surface area contributed by atoms with Crippen LogP contribution in [0.4, 0.5) is 0 Å². The molecule has 160 valence electrons. The van der Waals surface area contributed by atoms with Crippen LogP contribution in [0, 0.1) is 13.8 Å². The highest BCUT2D eigenvalue weighted by Crippen LogP contribution is 2.45. The second-order valence-corrected chi connectivity index (χ2v) is 8.99. The molecule has 6 rings (SSSR count). The topological polar surface area (TPSA) is 22.0 Å². The number of ketones is 1. The zero-order valence-electron chi connectivity index (χ0n) is 19.1. The lowest BCUT2D eigenvalue weighted by Gasteiger charge is -2.10. The lowest BCUT2D eigenvalue weighted by molar-refractivity contribution is 0.105. The molecule has 5 aromatic rings. The van der Waals surface area contributed by atoms with E-state index < -0.39 is 0 Å². The van der Waals surface area contributed by atoms with Gasteiger partial charge in [-0.1, -0.05) is 77.9 Å². The Labute approximate surface area is 193 Å². The average Bonchev–Trinajstić information content (AvgIpc) is 3.30. The summed E-state index contributed by atoms with van der Waals surface area (Å²) in [5.74, 6) is 0.111. The van der Waals surface area contributed by atoms with E-state index in [0.717, 1.165) is 45.3 Å². The number of aryl methyl sites for hydroxylation is 3. The van der Waals surface area contributed by atoms with Crippen molar-refractivity contribution in [3.8, 4) is 0 Å². The Hall–Kier alpha value is -3.91. The van der Waals surface area contributed by atoms with E-state index >= 15 is 0 Å². The van der Waals surface area contributed by atoms with Crippen LogP contribution in [0.3, 0.4) is 0 Å². The van der Waals surface area contributed by atoms with Crippen LogP contribution < -0.4 is 0 Å². The lowest BCUT2D eigenvalue weighted by Crippen LogP contribution is -1.99. The number of hydrogen-bond donors (Lipinski definition) is 0. The van der Waals surface area contributed by atoms with Crippen molar-refractivity contribution < 1.29 is 4.79 Å². The first-order chi connectivity index (χ1) is 16.1. The van der Waals surface area contributed by atoms with Crippen molar-refractivity contribution in [2.45, 2.75) is 27.3 Å². The van der Waals surface area contributed by atoms with Gasteiger partial charge in [-0.05, 0) is 55.7 Å². The minimum atomic E-state index is 0.111. The number of carbonyl (C=O) groups is 1. The van der Waals surface area contributed by atoms with Gasteiger partial charge in [-0.25, -0.2) is 0 Å². The Morgan fingerprint density at radius 3 is 1.88 bits per heavy atom. The summed E-state index contributed by atoms with van der Waals surface area (Å²) in [7, 11) is 0. The van der Waals surface area contributed by atoms with E-state index in [2.05, 4.69) is 110 Å². The number of fused-ring (bicyclic) bond motifs is 4. The minimum absolute atomic E-state index is 0.111. The smallest absolute Gasteiger partial charge is 0.194 e. The molecule has 1 aliphatic rings. The molecule has 0 radical (unpaired) electrons. The van der Waals surface area contributed by atoms with E-state index in [1.165, 1.54) is 27.5 Å². The first-order valence-electron chi connectivity index (χ1n) is 11.5. The monoisotopic (exact) mass is 427 g/mol. The van der Waals surface area contributed by atoms with Gasteiger partial charge in [0.25, 0.3) is 0 Å². The maximum atomic E-state index is 13.9. The first kappa shape index (κ1) is 19.8. The molecule has 1 aromatic heterocycles. The van der Waals surface area contributed by atoms with E-state index in [9.17, 15) is 4.79 Å². The summed E-state index contributed by atoms with van der Waals surface area (Å²) in [6.07, 6.45) is 0. The number of aromatic nitrogens is 1. The Morgan fingerprint density at radius 2 is 1.24 bits per heavy atom. The van der Waals surface area contributed by atoms with Gasteiger partial charge in [0.15, 0.2) is 5.78 Å². The van der Waals surface area contributed by atoms with Crippen molar-refractivity contribution in [1.29, 1.82) is 0 Å². The van der Waals surface area contributed by atoms with E-state index in [1.807, 2.05) is 0 Å². The van der Waals surface area contributed by atoms with Gasteiger partial charge in [0.1, 0.15) is 0 Å². The molecule has 0 atom stereocenters. The van der Waals surface area contributed by atoms with Crippen LogP contribution in [0.15, 0.2) is 84.9 Å². The van der Waals surface area contributed by atoms with E-state index in [1.54, 1.807) is 0 Å². The minimum Gasteiger partial charge on any atom is -0.341 e. The summed E-state index contributed by atoms with van der Waals surface area (Å²) < 4.78 is 2.35. The highest BCUT2D eigenvalue weighted by atomic mass is 16.1. The number of rotatable bonds is 3. The van der Waals surface area contributed by atoms with Gasteiger partial charge in [-0.2, -0.15) is 0 Å². The number of carbonyl (C=O) groups excluding carboxylic acids is 1. The lowest BCUT2D eigenvalue weighted by atomic mass is 9.93. The van der Waals surface area contributed by atoms with Gasteiger partial charge in [-0.15, -0.1) is 0 Å². The Bertz CT molecular complexity index is 1600. The van der Waals surface area contributed by atoms with Crippen molar-refractivity contribution in [3.05, 3.63) is 118 Å². The molecule has 1 aliphatic carbocycles. The molecule has 4 aromatic carbocycles. The van der Waals surface area contributed by atoms with Crippen molar-refractivity contribution in [1.82, 2.24) is 4.57 Å². The highest BCUT2D eigenvalue weighted by Gasteiger charge is 2.32. The van der Waals surface area contributed by atoms with Gasteiger partial charge in [0.05, 0.1) is 0 Å². The van der Waals surface area contributed by atoms with E-state index in [4.69, 9.17) is 0 Å². The van der Waals surface area contributed by atoms with Crippen LogP contribution in [0.1, 0.15) is 45.1 Å². The van der Waals surface area contributed by atoms with E-state index in [-0.39, 0.29) is 5.78 Å². The number of allylic oxidation sites excluding steroid dienone is 1. The van der Waals surface area contributed by atoms with Crippen molar-refractivity contribution in [3.63, 3.8) is 0 Å². The fraction of sp³-hybridized carbons (Fsp3) is 0.129. The number of hydrogen-bond acceptors (Lipinski definition) is 1. The van der Waals surface area contributed by atoms with Crippen LogP contribution in [0.2, 0.25) is 0 Å². The van der Waals surface area contributed by atoms with E-state index in [0.29, 0.717) is 0 Å². The summed E-state index contributed by atoms with van der Waals surface area (Å²) in [4.78, 5) is 13.9. The van der Waals surface area contributed by atoms with Crippen molar-refractivity contribution in [2.75, 3.05) is 0 Å². The normalized spacial score (nSPS) is 13.4. The van der Waals surface area contributed by atoms with Gasteiger partial charge >= 0.3 is 0 Å². The number of nitrogens with zero attached hydrogens (tertiary/aromatic N) is 1. The SMILES string of the molecule is CCn1c2ccccc2c2cc3c(cc21)C(c1ccc(C)cc1)=C(c1ccc(C)cc1)C3=O. The molecular weight excluding hydrogens is 402 g/mol. The number of para-hydroxylation sites is 1. The summed E-state index contributed by atoms with van der Waals surface area (Å²) in [5, 5.41) is 2.35. The standard InChI is InChI=1S/C31H25NO/c1-4-32-27-8-6-5-7-23(27)24-17-26-25(18-28(24)32)29(21-13-9-19(2)10-14-21)30(31(26)33)22-15-11-20(3)12-16-22/h5-18H,4H2,1-3H3. The van der Waals surface area contributed by atoms with Gasteiger partial charge in [0, 0.05) is 45.1 Å². The molecular formula is C31H25NO. The fourth-order valence-electron chi connectivity index (χ4n) is 5.23. The Balaban J connectivity index is 1.70. The van der Waals surface area contributed by atoms with Crippen molar-refractivity contribution in [2.24, 2.45) is 0 Å². The molecule has 0 fully saturated rings. The van der Waals surface area contributed by atoms with Gasteiger partial charge in [-0.3, -0.25) is 4.79 Å². The van der Waals surface area contributed by atoms with Crippen LogP contribution in [0.5, 0.6) is 0 Å². The Kier molecular flexibility index (Phi) is 4.38. The quantitative estimate of drug-likeness (QED) is 0.291. The van der Waals surface area contributed by atoms with Crippen molar-refractivity contribution >= 4 is 38.7 Å². The summed E-state index contributed by atoms with van der Waals surface area (Å²) in [6.45, 7) is 7.23.